The van der Waals surface area contributed by atoms with Gasteiger partial charge in [0.25, 0.3) is 0 Å². The smallest absolute Gasteiger partial charge is 0.321 e. The first-order valence-electron chi connectivity index (χ1n) is 5.83. The molecule has 1 aromatic carbocycles. The Morgan fingerprint density at radius 1 is 1.32 bits per heavy atom. The predicted octanol–water partition coefficient (Wildman–Crippen LogP) is 3.20. The number of hydrogen-bond donors (Lipinski definition) is 1. The molecule has 0 saturated carbocycles. The van der Waals surface area contributed by atoms with Gasteiger partial charge in [-0.05, 0) is 24.6 Å². The predicted molar refractivity (Wildman–Crippen MR) is 76.5 cm³/mol. The van der Waals surface area contributed by atoms with Crippen molar-refractivity contribution in [1.29, 1.82) is 0 Å². The SMILES string of the molecule is CC(c1ccc(Cl)cc1)N(C)C(=O)NC(=O)CCCl. The zero-order valence-electron chi connectivity index (χ0n) is 10.8. The van der Waals surface area contributed by atoms with Crippen LogP contribution >= 0.6 is 23.2 Å². The third-order valence-corrected chi connectivity index (χ3v) is 3.26. The minimum atomic E-state index is -0.447. The van der Waals surface area contributed by atoms with Crippen LogP contribution in [0.3, 0.4) is 0 Å². The molecule has 1 N–H and O–H groups in total. The van der Waals surface area contributed by atoms with Gasteiger partial charge in [0.15, 0.2) is 0 Å². The lowest BCUT2D eigenvalue weighted by molar-refractivity contribution is -0.119. The van der Waals surface area contributed by atoms with Crippen molar-refractivity contribution in [1.82, 2.24) is 10.2 Å². The number of urea groups is 1. The summed E-state index contributed by atoms with van der Waals surface area (Å²) in [5.41, 5.74) is 0.937. The van der Waals surface area contributed by atoms with E-state index in [0.29, 0.717) is 5.02 Å². The lowest BCUT2D eigenvalue weighted by atomic mass is 10.1. The molecular weight excluding hydrogens is 287 g/mol. The van der Waals surface area contributed by atoms with Crippen LogP contribution in [-0.2, 0) is 4.79 Å². The zero-order valence-corrected chi connectivity index (χ0v) is 12.3. The number of amides is 3. The number of nitrogens with one attached hydrogen (secondary N) is 1. The van der Waals surface area contributed by atoms with E-state index in [1.807, 2.05) is 19.1 Å². The van der Waals surface area contributed by atoms with E-state index < -0.39 is 6.03 Å². The van der Waals surface area contributed by atoms with Crippen molar-refractivity contribution < 1.29 is 9.59 Å². The average molecular weight is 303 g/mol. The van der Waals surface area contributed by atoms with Crippen molar-refractivity contribution in [2.45, 2.75) is 19.4 Å². The number of nitrogens with zero attached hydrogens (tertiary/aromatic N) is 1. The molecule has 1 rings (SSSR count). The van der Waals surface area contributed by atoms with Gasteiger partial charge in [0.05, 0.1) is 6.04 Å². The first kappa shape index (κ1) is 15.8. The highest BCUT2D eigenvalue weighted by atomic mass is 35.5. The molecular formula is C13H16Cl2N2O2. The van der Waals surface area contributed by atoms with Gasteiger partial charge < -0.3 is 4.90 Å². The largest absolute Gasteiger partial charge is 0.324 e. The summed E-state index contributed by atoms with van der Waals surface area (Å²) >= 11 is 11.2. The summed E-state index contributed by atoms with van der Waals surface area (Å²) in [5, 5.41) is 2.92. The first-order valence-corrected chi connectivity index (χ1v) is 6.75. The molecule has 0 aliphatic carbocycles. The third kappa shape index (κ3) is 4.73. The number of carbonyl (C=O) groups excluding carboxylic acids is 2. The number of imide groups is 1. The van der Waals surface area contributed by atoms with Crippen molar-refractivity contribution in [2.24, 2.45) is 0 Å². The number of hydrogen-bond acceptors (Lipinski definition) is 2. The minimum absolute atomic E-state index is 0.121. The molecule has 1 atom stereocenters. The summed E-state index contributed by atoms with van der Waals surface area (Å²) in [6, 6.07) is 6.60. The second kappa shape index (κ2) is 7.36. The van der Waals surface area contributed by atoms with Crippen molar-refractivity contribution in [3.05, 3.63) is 34.9 Å². The first-order chi connectivity index (χ1) is 8.95. The maximum Gasteiger partial charge on any atom is 0.324 e. The Labute approximate surface area is 122 Å². The van der Waals surface area contributed by atoms with Gasteiger partial charge >= 0.3 is 6.03 Å². The molecule has 0 aliphatic rings. The average Bonchev–Trinajstić information content (AvgIpc) is 2.38. The Morgan fingerprint density at radius 3 is 2.42 bits per heavy atom. The molecule has 0 saturated heterocycles. The van der Waals surface area contributed by atoms with Crippen molar-refractivity contribution in [3.63, 3.8) is 0 Å². The third-order valence-electron chi connectivity index (χ3n) is 2.82. The Bertz CT molecular complexity index is 448. The van der Waals surface area contributed by atoms with E-state index in [4.69, 9.17) is 23.2 Å². The van der Waals surface area contributed by atoms with E-state index in [2.05, 4.69) is 5.32 Å². The second-order valence-corrected chi connectivity index (χ2v) is 4.95. The normalized spacial score (nSPS) is 11.8. The van der Waals surface area contributed by atoms with Crippen LogP contribution in [0.15, 0.2) is 24.3 Å². The lowest BCUT2D eigenvalue weighted by Gasteiger charge is -2.25. The highest BCUT2D eigenvalue weighted by Crippen LogP contribution is 2.20. The molecule has 4 nitrogen and oxygen atoms in total. The van der Waals surface area contributed by atoms with Crippen LogP contribution in [-0.4, -0.2) is 29.8 Å². The van der Waals surface area contributed by atoms with Crippen LogP contribution in [0.1, 0.15) is 24.9 Å². The Kier molecular flexibility index (Phi) is 6.12. The molecule has 0 spiro atoms. The van der Waals surface area contributed by atoms with E-state index in [1.165, 1.54) is 4.90 Å². The van der Waals surface area contributed by atoms with Crippen LogP contribution in [0.4, 0.5) is 4.79 Å². The van der Waals surface area contributed by atoms with Crippen molar-refractivity contribution in [2.75, 3.05) is 12.9 Å². The number of benzene rings is 1. The number of halogens is 2. The molecule has 0 aliphatic heterocycles. The van der Waals surface area contributed by atoms with Crippen LogP contribution in [0.5, 0.6) is 0 Å². The van der Waals surface area contributed by atoms with E-state index in [9.17, 15) is 9.59 Å². The Hall–Kier alpha value is -1.26. The Balaban J connectivity index is 2.65. The molecule has 1 unspecified atom stereocenters. The monoisotopic (exact) mass is 302 g/mol. The second-order valence-electron chi connectivity index (χ2n) is 4.13. The minimum Gasteiger partial charge on any atom is -0.321 e. The summed E-state index contributed by atoms with van der Waals surface area (Å²) in [6.07, 6.45) is 0.121. The van der Waals surface area contributed by atoms with Crippen LogP contribution < -0.4 is 5.32 Å². The fourth-order valence-corrected chi connectivity index (χ4v) is 1.79. The van der Waals surface area contributed by atoms with Crippen LogP contribution in [0.2, 0.25) is 5.02 Å². The van der Waals surface area contributed by atoms with Gasteiger partial charge in [0.2, 0.25) is 5.91 Å². The highest BCUT2D eigenvalue weighted by molar-refractivity contribution is 6.30. The zero-order chi connectivity index (χ0) is 14.4. The molecule has 104 valence electrons. The van der Waals surface area contributed by atoms with Gasteiger partial charge in [0, 0.05) is 24.4 Å². The molecule has 0 aromatic heterocycles. The summed E-state index contributed by atoms with van der Waals surface area (Å²) in [7, 11) is 1.63. The van der Waals surface area contributed by atoms with Gasteiger partial charge in [0.1, 0.15) is 0 Å². The summed E-state index contributed by atoms with van der Waals surface area (Å²) in [6.45, 7) is 1.87. The highest BCUT2D eigenvalue weighted by Gasteiger charge is 2.18. The number of alkyl halides is 1. The standard InChI is InChI=1S/C13H16Cl2N2O2/c1-9(10-3-5-11(15)6-4-10)17(2)13(19)16-12(18)7-8-14/h3-6,9H,7-8H2,1-2H3,(H,16,18,19). The number of rotatable bonds is 4. The maximum atomic E-state index is 11.8. The lowest BCUT2D eigenvalue weighted by Crippen LogP contribution is -2.41. The molecule has 0 fully saturated rings. The molecule has 1 aromatic rings. The molecule has 19 heavy (non-hydrogen) atoms. The van der Waals surface area contributed by atoms with Gasteiger partial charge in [-0.15, -0.1) is 11.6 Å². The molecule has 0 heterocycles. The Morgan fingerprint density at radius 2 is 1.89 bits per heavy atom. The van der Waals surface area contributed by atoms with Gasteiger partial charge in [-0.3, -0.25) is 10.1 Å². The fraction of sp³-hybridized carbons (Fsp3) is 0.385. The fourth-order valence-electron chi connectivity index (χ4n) is 1.50. The van der Waals surface area contributed by atoms with Crippen LogP contribution in [0, 0.1) is 0 Å². The summed E-state index contributed by atoms with van der Waals surface area (Å²) in [4.78, 5) is 24.6. The molecule has 0 bridgehead atoms. The van der Waals surface area contributed by atoms with Gasteiger partial charge in [-0.25, -0.2) is 4.79 Å². The van der Waals surface area contributed by atoms with Crippen molar-refractivity contribution >= 4 is 35.1 Å². The van der Waals surface area contributed by atoms with E-state index in [0.717, 1.165) is 5.56 Å². The number of carbonyl (C=O) groups is 2. The maximum absolute atomic E-state index is 11.8. The van der Waals surface area contributed by atoms with Gasteiger partial charge in [-0.1, -0.05) is 23.7 Å². The molecule has 3 amide bonds. The quantitative estimate of drug-likeness (QED) is 0.868. The van der Waals surface area contributed by atoms with Gasteiger partial charge in [-0.2, -0.15) is 0 Å². The topological polar surface area (TPSA) is 49.4 Å². The molecule has 0 radical (unpaired) electrons. The van der Waals surface area contributed by atoms with E-state index in [-0.39, 0.29) is 24.2 Å². The summed E-state index contributed by atoms with van der Waals surface area (Å²) in [5.74, 6) is -0.189. The van der Waals surface area contributed by atoms with Crippen molar-refractivity contribution in [3.8, 4) is 0 Å². The van der Waals surface area contributed by atoms with E-state index in [1.54, 1.807) is 19.2 Å². The van der Waals surface area contributed by atoms with E-state index >= 15 is 0 Å². The molecule has 6 heteroatoms. The van der Waals surface area contributed by atoms with Crippen LogP contribution in [0.25, 0.3) is 0 Å². The summed E-state index contributed by atoms with van der Waals surface area (Å²) < 4.78 is 0.